The second-order valence-corrected chi connectivity index (χ2v) is 9.76. The van der Waals surface area contributed by atoms with E-state index in [2.05, 4.69) is 22.2 Å². The van der Waals surface area contributed by atoms with Gasteiger partial charge in [0.1, 0.15) is 23.0 Å². The van der Waals surface area contributed by atoms with Crippen molar-refractivity contribution >= 4 is 28.5 Å². The molecule has 1 fully saturated rings. The zero-order valence-electron chi connectivity index (χ0n) is 21.5. The predicted molar refractivity (Wildman–Crippen MR) is 143 cm³/mol. The van der Waals surface area contributed by atoms with Gasteiger partial charge in [-0.3, -0.25) is 13.9 Å². The fourth-order valence-corrected chi connectivity index (χ4v) is 4.79. The number of nitrogens with one attached hydrogen (secondary N) is 1. The summed E-state index contributed by atoms with van der Waals surface area (Å²) >= 11 is 0. The molecule has 0 bridgehead atoms. The zero-order chi connectivity index (χ0) is 26.1. The topological polar surface area (TPSA) is 89.6 Å². The summed E-state index contributed by atoms with van der Waals surface area (Å²) in [4.78, 5) is 17.0. The molecule has 36 heavy (non-hydrogen) atoms. The van der Waals surface area contributed by atoms with Crippen molar-refractivity contribution in [1.29, 1.82) is 0 Å². The lowest BCUT2D eigenvalue weighted by atomic mass is 10.1. The number of benzene rings is 2. The van der Waals surface area contributed by atoms with Crippen molar-refractivity contribution in [2.45, 2.75) is 5.75 Å². The van der Waals surface area contributed by atoms with Crippen LogP contribution in [0.5, 0.6) is 23.0 Å². The maximum atomic E-state index is 12.9. The van der Waals surface area contributed by atoms with Crippen LogP contribution in [0, 0.1) is 0 Å². The van der Waals surface area contributed by atoms with Gasteiger partial charge in [0.15, 0.2) is 0 Å². The number of hydrogen-bond acceptors (Lipinski definition) is 8. The van der Waals surface area contributed by atoms with Gasteiger partial charge in [-0.05, 0) is 30.8 Å². The minimum Gasteiger partial charge on any atom is -0.496 e. The van der Waals surface area contributed by atoms with Crippen LogP contribution < -0.4 is 24.3 Å². The first kappa shape index (κ1) is 27.5. The van der Waals surface area contributed by atoms with Crippen LogP contribution in [0.4, 0.5) is 5.69 Å². The minimum absolute atomic E-state index is 0.102. The molecule has 0 aliphatic carbocycles. The van der Waals surface area contributed by atoms with Crippen LogP contribution in [0.25, 0.3) is 6.08 Å². The molecule has 1 N–H and O–H groups in total. The Bertz CT molecular complexity index is 1070. The van der Waals surface area contributed by atoms with E-state index in [1.807, 2.05) is 6.07 Å². The summed E-state index contributed by atoms with van der Waals surface area (Å²) < 4.78 is 34.5. The number of piperazine rings is 1. The maximum Gasteiger partial charge on any atom is 0.238 e. The number of ether oxygens (including phenoxy) is 4. The van der Waals surface area contributed by atoms with Crippen molar-refractivity contribution in [2.75, 3.05) is 73.5 Å². The molecule has 2 aromatic rings. The van der Waals surface area contributed by atoms with E-state index < -0.39 is 10.8 Å². The molecule has 0 saturated carbocycles. The molecule has 1 aliphatic rings. The van der Waals surface area contributed by atoms with Gasteiger partial charge in [-0.15, -0.1) is 0 Å². The smallest absolute Gasteiger partial charge is 0.238 e. The predicted octanol–water partition coefficient (Wildman–Crippen LogP) is 2.83. The highest BCUT2D eigenvalue weighted by atomic mass is 32.2. The number of anilines is 1. The lowest BCUT2D eigenvalue weighted by Gasteiger charge is -2.31. The fraction of sp³-hybridized carbons (Fsp3) is 0.423. The summed E-state index contributed by atoms with van der Waals surface area (Å²) in [5, 5.41) is 4.55. The Morgan fingerprint density at radius 2 is 1.58 bits per heavy atom. The first-order chi connectivity index (χ1) is 17.4. The van der Waals surface area contributed by atoms with E-state index in [9.17, 15) is 9.00 Å². The van der Waals surface area contributed by atoms with Gasteiger partial charge in [0.05, 0.1) is 62.8 Å². The van der Waals surface area contributed by atoms with Crippen LogP contribution in [-0.2, 0) is 21.3 Å². The average molecular weight is 518 g/mol. The SMILES string of the molecule is COc1cc(OC)c(/C=C/S(=O)Cc2ccc(OC)c(NC(=O)CN3CCN(C)CC3)c2)c(OC)c1. The van der Waals surface area contributed by atoms with E-state index in [4.69, 9.17) is 18.9 Å². The molecule has 1 aliphatic heterocycles. The van der Waals surface area contributed by atoms with E-state index in [1.165, 1.54) is 0 Å². The van der Waals surface area contributed by atoms with Gasteiger partial charge in [-0.25, -0.2) is 0 Å². The van der Waals surface area contributed by atoms with Gasteiger partial charge >= 0.3 is 0 Å². The molecule has 1 unspecified atom stereocenters. The number of likely N-dealkylation sites (N-methyl/N-ethyl adjacent to an activating group) is 1. The molecular formula is C26H35N3O6S. The molecule has 0 radical (unpaired) electrons. The minimum atomic E-state index is -1.33. The number of methoxy groups -OCH3 is 4. The monoisotopic (exact) mass is 517 g/mol. The van der Waals surface area contributed by atoms with Gasteiger partial charge in [0.25, 0.3) is 0 Å². The molecule has 1 atom stereocenters. The molecule has 3 rings (SSSR count). The second kappa shape index (κ2) is 13.3. The third kappa shape index (κ3) is 7.46. The second-order valence-electron chi connectivity index (χ2n) is 8.44. The van der Waals surface area contributed by atoms with Crippen molar-refractivity contribution in [1.82, 2.24) is 9.80 Å². The lowest BCUT2D eigenvalue weighted by Crippen LogP contribution is -2.47. The fourth-order valence-electron chi connectivity index (χ4n) is 3.89. The third-order valence-corrected chi connectivity index (χ3v) is 7.01. The Hall–Kier alpha value is -3.08. The first-order valence-electron chi connectivity index (χ1n) is 11.6. The van der Waals surface area contributed by atoms with Crippen molar-refractivity contribution in [2.24, 2.45) is 0 Å². The van der Waals surface area contributed by atoms with Crippen molar-refractivity contribution in [3.8, 4) is 23.0 Å². The standard InChI is InChI=1S/C26H35N3O6S/c1-28-9-11-29(12-10-28)17-26(30)27-22-14-19(6-7-23(22)33-3)18-36(31)13-8-21-24(34-4)15-20(32-2)16-25(21)35-5/h6-8,13-16H,9-12,17-18H2,1-5H3,(H,27,30)/b13-8+. The van der Waals surface area contributed by atoms with Crippen LogP contribution in [0.3, 0.4) is 0 Å². The molecule has 2 aromatic carbocycles. The quantitative estimate of drug-likeness (QED) is 0.487. The van der Waals surface area contributed by atoms with Gasteiger partial charge in [-0.2, -0.15) is 0 Å². The van der Waals surface area contributed by atoms with E-state index in [1.54, 1.807) is 64.2 Å². The molecule has 10 heteroatoms. The molecule has 1 amide bonds. The highest BCUT2D eigenvalue weighted by Crippen LogP contribution is 2.35. The van der Waals surface area contributed by atoms with Crippen molar-refractivity contribution in [3.63, 3.8) is 0 Å². The summed E-state index contributed by atoms with van der Waals surface area (Å²) in [6.45, 7) is 3.92. The molecule has 1 heterocycles. The molecule has 1 saturated heterocycles. The molecular weight excluding hydrogens is 482 g/mol. The number of amides is 1. The summed E-state index contributed by atoms with van der Waals surface area (Å²) in [6.07, 6.45) is 1.72. The normalized spacial score (nSPS) is 15.5. The summed E-state index contributed by atoms with van der Waals surface area (Å²) in [5.41, 5.74) is 2.04. The molecule has 0 aromatic heterocycles. The van der Waals surface area contributed by atoms with Gasteiger partial charge in [-0.1, -0.05) is 6.07 Å². The Kier molecular flexibility index (Phi) is 10.2. The molecule has 9 nitrogen and oxygen atoms in total. The number of rotatable bonds is 11. The summed E-state index contributed by atoms with van der Waals surface area (Å²) in [7, 11) is 6.99. The lowest BCUT2D eigenvalue weighted by molar-refractivity contribution is -0.117. The average Bonchev–Trinajstić information content (AvgIpc) is 2.88. The molecule has 0 spiro atoms. The Balaban J connectivity index is 1.69. The molecule has 196 valence electrons. The zero-order valence-corrected chi connectivity index (χ0v) is 22.4. The van der Waals surface area contributed by atoms with Gasteiger partial charge in [0.2, 0.25) is 5.91 Å². The van der Waals surface area contributed by atoms with Gasteiger partial charge < -0.3 is 29.2 Å². The highest BCUT2D eigenvalue weighted by Gasteiger charge is 2.18. The highest BCUT2D eigenvalue weighted by molar-refractivity contribution is 7.87. The number of carbonyl (C=O) groups excluding carboxylic acids is 1. The third-order valence-electron chi connectivity index (χ3n) is 5.95. The Morgan fingerprint density at radius 3 is 2.17 bits per heavy atom. The number of hydrogen-bond donors (Lipinski definition) is 1. The van der Waals surface area contributed by atoms with Crippen LogP contribution >= 0.6 is 0 Å². The van der Waals surface area contributed by atoms with E-state index in [0.717, 1.165) is 31.7 Å². The Labute approximate surface area is 215 Å². The van der Waals surface area contributed by atoms with Crippen molar-refractivity contribution < 1.29 is 28.0 Å². The van der Waals surface area contributed by atoms with Crippen LogP contribution in [0.2, 0.25) is 0 Å². The van der Waals surface area contributed by atoms with Gasteiger partial charge in [0, 0.05) is 43.7 Å². The Morgan fingerprint density at radius 1 is 0.944 bits per heavy atom. The van der Waals surface area contributed by atoms with Crippen LogP contribution in [-0.4, -0.2) is 88.1 Å². The van der Waals surface area contributed by atoms with E-state index >= 15 is 0 Å². The number of nitrogens with zero attached hydrogens (tertiary/aromatic N) is 2. The van der Waals surface area contributed by atoms with E-state index in [0.29, 0.717) is 40.8 Å². The van der Waals surface area contributed by atoms with Crippen molar-refractivity contribution in [3.05, 3.63) is 46.9 Å². The summed E-state index contributed by atoms with van der Waals surface area (Å²) in [6, 6.07) is 8.91. The van der Waals surface area contributed by atoms with Crippen LogP contribution in [0.15, 0.2) is 35.7 Å². The van der Waals surface area contributed by atoms with E-state index in [-0.39, 0.29) is 11.7 Å². The maximum absolute atomic E-state index is 12.9. The summed E-state index contributed by atoms with van der Waals surface area (Å²) in [5.74, 6) is 2.42. The largest absolute Gasteiger partial charge is 0.496 e. The first-order valence-corrected chi connectivity index (χ1v) is 13.0. The number of carbonyl (C=O) groups is 1. The van der Waals surface area contributed by atoms with Crippen LogP contribution in [0.1, 0.15) is 11.1 Å².